The molecule has 1 saturated heterocycles. The first-order valence-corrected chi connectivity index (χ1v) is 6.01. The van der Waals surface area contributed by atoms with Gasteiger partial charge < -0.3 is 21.4 Å². The van der Waals surface area contributed by atoms with E-state index in [4.69, 9.17) is 11.5 Å². The number of carbonyl (C=O) groups is 1. The first-order valence-electron chi connectivity index (χ1n) is 6.01. The summed E-state index contributed by atoms with van der Waals surface area (Å²) in [6.45, 7) is 3.08. The predicted octanol–water partition coefficient (Wildman–Crippen LogP) is -0.363. The third kappa shape index (κ3) is 1.76. The molecule has 19 heavy (non-hydrogen) atoms. The Hall–Kier alpha value is -2.38. The molecule has 2 aromatic rings. The van der Waals surface area contributed by atoms with Crippen LogP contribution in [0.15, 0.2) is 6.33 Å². The summed E-state index contributed by atoms with van der Waals surface area (Å²) in [7, 11) is 0. The molecule has 0 aromatic carbocycles. The van der Waals surface area contributed by atoms with E-state index in [1.165, 1.54) is 0 Å². The van der Waals surface area contributed by atoms with Crippen molar-refractivity contribution in [3.8, 4) is 0 Å². The molecule has 1 aliphatic heterocycles. The molecule has 1 aliphatic rings. The van der Waals surface area contributed by atoms with E-state index in [1.807, 2.05) is 11.8 Å². The minimum absolute atomic E-state index is 0.169. The minimum Gasteiger partial charge on any atom is -0.369 e. The monoisotopic (exact) mass is 261 g/mol. The molecule has 3 heterocycles. The van der Waals surface area contributed by atoms with Gasteiger partial charge in [0.1, 0.15) is 5.52 Å². The molecule has 8 nitrogen and oxygen atoms in total. The SMILES string of the molecule is CC1(C(N)=O)CCN(c2nc(N)nc3nc[nH]c23)C1. The zero-order valence-corrected chi connectivity index (χ0v) is 10.6. The Bertz CT molecular complexity index is 652. The standard InChI is InChI=1S/C11H15N7O/c1-11(9(12)19)2-3-18(4-11)8-6-7(15-5-14-6)16-10(13)17-8/h5H,2-4H2,1H3,(H2,12,19)(H3,13,14,15,16,17). The number of primary amides is 1. The summed E-state index contributed by atoms with van der Waals surface area (Å²) in [5, 5.41) is 0. The van der Waals surface area contributed by atoms with Gasteiger partial charge in [0.05, 0.1) is 11.7 Å². The molecule has 100 valence electrons. The van der Waals surface area contributed by atoms with E-state index >= 15 is 0 Å². The van der Waals surface area contributed by atoms with Gasteiger partial charge in [-0.05, 0) is 13.3 Å². The van der Waals surface area contributed by atoms with Crippen LogP contribution in [0.5, 0.6) is 0 Å². The van der Waals surface area contributed by atoms with Crippen LogP contribution in [0.1, 0.15) is 13.3 Å². The smallest absolute Gasteiger partial charge is 0.225 e. The van der Waals surface area contributed by atoms with E-state index in [-0.39, 0.29) is 11.9 Å². The lowest BCUT2D eigenvalue weighted by Crippen LogP contribution is -2.37. The Kier molecular flexibility index (Phi) is 2.34. The molecular weight excluding hydrogens is 246 g/mol. The van der Waals surface area contributed by atoms with Crippen molar-refractivity contribution in [3.63, 3.8) is 0 Å². The highest BCUT2D eigenvalue weighted by molar-refractivity contribution is 5.86. The highest BCUT2D eigenvalue weighted by Gasteiger charge is 2.40. The van der Waals surface area contributed by atoms with Crippen molar-refractivity contribution in [2.45, 2.75) is 13.3 Å². The van der Waals surface area contributed by atoms with Crippen LogP contribution in [0.2, 0.25) is 0 Å². The number of anilines is 2. The molecule has 1 unspecified atom stereocenters. The summed E-state index contributed by atoms with van der Waals surface area (Å²) in [6.07, 6.45) is 2.24. The fourth-order valence-corrected chi connectivity index (χ4v) is 2.41. The van der Waals surface area contributed by atoms with E-state index in [0.29, 0.717) is 31.0 Å². The van der Waals surface area contributed by atoms with Gasteiger partial charge >= 0.3 is 0 Å². The topological polar surface area (TPSA) is 127 Å². The maximum absolute atomic E-state index is 11.5. The van der Waals surface area contributed by atoms with Gasteiger partial charge in [-0.3, -0.25) is 4.79 Å². The van der Waals surface area contributed by atoms with Gasteiger partial charge in [0.2, 0.25) is 11.9 Å². The molecule has 0 saturated carbocycles. The number of aromatic amines is 1. The Morgan fingerprint density at radius 1 is 1.53 bits per heavy atom. The van der Waals surface area contributed by atoms with Gasteiger partial charge in [-0.15, -0.1) is 0 Å². The number of rotatable bonds is 2. The van der Waals surface area contributed by atoms with E-state index in [0.717, 1.165) is 5.52 Å². The largest absolute Gasteiger partial charge is 0.369 e. The van der Waals surface area contributed by atoms with Crippen molar-refractivity contribution >= 4 is 28.8 Å². The molecule has 1 fully saturated rings. The van der Waals surface area contributed by atoms with Crippen LogP contribution >= 0.6 is 0 Å². The fraction of sp³-hybridized carbons (Fsp3) is 0.455. The number of aromatic nitrogens is 4. The number of nitrogens with two attached hydrogens (primary N) is 2. The quantitative estimate of drug-likeness (QED) is 0.677. The summed E-state index contributed by atoms with van der Waals surface area (Å²) in [5.41, 5.74) is 11.8. The van der Waals surface area contributed by atoms with Crippen LogP contribution in [0.3, 0.4) is 0 Å². The number of H-pyrrole nitrogens is 1. The third-order valence-corrected chi connectivity index (χ3v) is 3.65. The number of amides is 1. The fourth-order valence-electron chi connectivity index (χ4n) is 2.41. The van der Waals surface area contributed by atoms with E-state index in [1.54, 1.807) is 6.33 Å². The molecule has 2 aromatic heterocycles. The van der Waals surface area contributed by atoms with Crippen LogP contribution in [0, 0.1) is 5.41 Å². The van der Waals surface area contributed by atoms with Crippen LogP contribution in [0.25, 0.3) is 11.2 Å². The van der Waals surface area contributed by atoms with Crippen molar-refractivity contribution in [1.29, 1.82) is 0 Å². The predicted molar refractivity (Wildman–Crippen MR) is 70.2 cm³/mol. The molecule has 1 atom stereocenters. The molecule has 1 amide bonds. The molecule has 3 rings (SSSR count). The van der Waals surface area contributed by atoms with Crippen LogP contribution < -0.4 is 16.4 Å². The van der Waals surface area contributed by atoms with Crippen molar-refractivity contribution in [2.24, 2.45) is 11.1 Å². The molecule has 0 aliphatic carbocycles. The van der Waals surface area contributed by atoms with Crippen molar-refractivity contribution < 1.29 is 4.79 Å². The number of hydrogen-bond donors (Lipinski definition) is 3. The van der Waals surface area contributed by atoms with E-state index in [2.05, 4.69) is 19.9 Å². The maximum atomic E-state index is 11.5. The average Bonchev–Trinajstić information content (AvgIpc) is 2.95. The molecule has 8 heteroatoms. The first-order chi connectivity index (χ1) is 8.99. The number of imidazole rings is 1. The average molecular weight is 261 g/mol. The van der Waals surface area contributed by atoms with Crippen molar-refractivity contribution in [2.75, 3.05) is 23.7 Å². The van der Waals surface area contributed by atoms with Gasteiger partial charge in [0, 0.05) is 13.1 Å². The minimum atomic E-state index is -0.536. The Labute approximate surface area is 109 Å². The second-order valence-electron chi connectivity index (χ2n) is 5.10. The number of nitrogen functional groups attached to an aromatic ring is 1. The normalized spacial score (nSPS) is 23.1. The van der Waals surface area contributed by atoms with E-state index < -0.39 is 5.41 Å². The molecule has 0 bridgehead atoms. The second kappa shape index (κ2) is 3.81. The summed E-state index contributed by atoms with van der Waals surface area (Å²) in [6, 6.07) is 0. The highest BCUT2D eigenvalue weighted by Crippen LogP contribution is 2.34. The van der Waals surface area contributed by atoms with Gasteiger partial charge in [-0.2, -0.15) is 9.97 Å². The number of carbonyl (C=O) groups excluding carboxylic acids is 1. The Morgan fingerprint density at radius 3 is 3.00 bits per heavy atom. The lowest BCUT2D eigenvalue weighted by molar-refractivity contribution is -0.125. The summed E-state index contributed by atoms with van der Waals surface area (Å²) >= 11 is 0. The lowest BCUT2D eigenvalue weighted by Gasteiger charge is -2.22. The zero-order valence-electron chi connectivity index (χ0n) is 10.6. The van der Waals surface area contributed by atoms with Crippen molar-refractivity contribution in [3.05, 3.63) is 6.33 Å². The number of nitrogens with one attached hydrogen (secondary N) is 1. The molecule has 5 N–H and O–H groups in total. The van der Waals surface area contributed by atoms with Crippen LogP contribution in [-0.2, 0) is 4.79 Å². The lowest BCUT2D eigenvalue weighted by atomic mass is 9.89. The third-order valence-electron chi connectivity index (χ3n) is 3.65. The first kappa shape index (κ1) is 11.7. The summed E-state index contributed by atoms with van der Waals surface area (Å²) < 4.78 is 0. The number of hydrogen-bond acceptors (Lipinski definition) is 6. The molecule has 0 radical (unpaired) electrons. The Balaban J connectivity index is 2.02. The van der Waals surface area contributed by atoms with Crippen molar-refractivity contribution in [1.82, 2.24) is 19.9 Å². The van der Waals surface area contributed by atoms with Gasteiger partial charge in [0.25, 0.3) is 0 Å². The second-order valence-corrected chi connectivity index (χ2v) is 5.10. The zero-order chi connectivity index (χ0) is 13.6. The van der Waals surface area contributed by atoms with E-state index in [9.17, 15) is 4.79 Å². The van der Waals surface area contributed by atoms with Gasteiger partial charge in [-0.25, -0.2) is 4.98 Å². The van der Waals surface area contributed by atoms with Gasteiger partial charge in [-0.1, -0.05) is 0 Å². The number of nitrogens with zero attached hydrogens (tertiary/aromatic N) is 4. The summed E-state index contributed by atoms with van der Waals surface area (Å²) in [4.78, 5) is 28.9. The highest BCUT2D eigenvalue weighted by atomic mass is 16.1. The number of fused-ring (bicyclic) bond motifs is 1. The van der Waals surface area contributed by atoms with Crippen LogP contribution in [0.4, 0.5) is 11.8 Å². The summed E-state index contributed by atoms with van der Waals surface area (Å²) in [5.74, 6) is 0.546. The Morgan fingerprint density at radius 2 is 2.32 bits per heavy atom. The molecule has 0 spiro atoms. The molecular formula is C11H15N7O. The van der Waals surface area contributed by atoms with Gasteiger partial charge in [0.15, 0.2) is 11.5 Å². The maximum Gasteiger partial charge on any atom is 0.225 e. The van der Waals surface area contributed by atoms with Crippen LogP contribution in [-0.4, -0.2) is 38.9 Å².